The Morgan fingerprint density at radius 1 is 0.309 bits per heavy atom. The van der Waals surface area contributed by atoms with E-state index in [2.05, 4.69) is 206 Å². The van der Waals surface area contributed by atoms with Gasteiger partial charge < -0.3 is 0 Å². The first-order valence-corrected chi connectivity index (χ1v) is 23.9. The lowest BCUT2D eigenvalue weighted by Gasteiger charge is -2.17. The second-order valence-corrected chi connectivity index (χ2v) is 18.5. The second kappa shape index (κ2) is 16.7. The summed E-state index contributed by atoms with van der Waals surface area (Å²) < 4.78 is 2.56. The van der Waals surface area contributed by atoms with Crippen LogP contribution in [0.1, 0.15) is 22.6 Å². The summed E-state index contributed by atoms with van der Waals surface area (Å²) in [5.41, 5.74) is 18.6. The molecule has 1 unspecified atom stereocenters. The van der Waals surface area contributed by atoms with Crippen molar-refractivity contribution in [3.63, 3.8) is 0 Å². The van der Waals surface area contributed by atoms with Crippen LogP contribution in [0.5, 0.6) is 0 Å². The first kappa shape index (κ1) is 39.8. The normalized spacial score (nSPS) is 12.9. The molecule has 0 saturated carbocycles. The minimum absolute atomic E-state index is 0.179. The van der Waals surface area contributed by atoms with E-state index in [1.165, 1.54) is 53.6 Å². The number of fused-ring (bicyclic) bond motifs is 7. The van der Waals surface area contributed by atoms with E-state index in [0.717, 1.165) is 55.6 Å². The van der Waals surface area contributed by atoms with Gasteiger partial charge >= 0.3 is 0 Å². The van der Waals surface area contributed by atoms with Crippen LogP contribution in [0, 0.1) is 0 Å². The van der Waals surface area contributed by atoms with Gasteiger partial charge in [0.05, 0.1) is 0 Å². The predicted octanol–water partition coefficient (Wildman–Crippen LogP) is 17.1. The molecule has 0 amide bonds. The summed E-state index contributed by atoms with van der Waals surface area (Å²) in [6, 6.07) is 87.0. The van der Waals surface area contributed by atoms with Gasteiger partial charge in [0.2, 0.25) is 0 Å². The maximum Gasteiger partial charge on any atom is 0.164 e. The second-order valence-electron chi connectivity index (χ2n) is 17.4. The van der Waals surface area contributed by atoms with Gasteiger partial charge in [-0.1, -0.05) is 224 Å². The van der Waals surface area contributed by atoms with Crippen LogP contribution in [0.4, 0.5) is 0 Å². The van der Waals surface area contributed by atoms with Crippen LogP contribution in [0.15, 0.2) is 243 Å². The number of rotatable bonds is 8. The van der Waals surface area contributed by atoms with Crippen molar-refractivity contribution in [2.75, 3.05) is 0 Å². The van der Waals surface area contributed by atoms with Crippen molar-refractivity contribution in [3.05, 3.63) is 259 Å². The Hall–Kier alpha value is -8.57. The molecular weight excluding hydrogens is 843 g/mol. The zero-order valence-electron chi connectivity index (χ0n) is 36.9. The van der Waals surface area contributed by atoms with Crippen molar-refractivity contribution < 1.29 is 0 Å². The van der Waals surface area contributed by atoms with Gasteiger partial charge in [-0.05, 0) is 85.0 Å². The molecule has 68 heavy (non-hydrogen) atoms. The third-order valence-corrected chi connectivity index (χ3v) is 14.6. The number of hydrogen-bond donors (Lipinski definition) is 0. The summed E-state index contributed by atoms with van der Waals surface area (Å²) in [5.74, 6) is 2.05. The van der Waals surface area contributed by atoms with Crippen molar-refractivity contribution in [3.8, 4) is 89.8 Å². The highest BCUT2D eigenvalue weighted by atomic mass is 32.1. The number of nitrogens with zero attached hydrogens (tertiary/aromatic N) is 3. The minimum atomic E-state index is 0.179. The van der Waals surface area contributed by atoms with Crippen LogP contribution in [0.25, 0.3) is 110 Å². The largest absolute Gasteiger partial charge is 0.208 e. The molecule has 0 fully saturated rings. The summed E-state index contributed by atoms with van der Waals surface area (Å²) in [6.45, 7) is 0. The average Bonchev–Trinajstić information content (AvgIpc) is 3.98. The Kier molecular flexibility index (Phi) is 9.76. The molecule has 4 heteroatoms. The third kappa shape index (κ3) is 6.85. The Balaban J connectivity index is 1.08. The third-order valence-electron chi connectivity index (χ3n) is 13.5. The van der Waals surface area contributed by atoms with E-state index in [1.807, 2.05) is 47.7 Å². The lowest BCUT2D eigenvalue weighted by molar-refractivity contribution is 1.02. The molecule has 0 spiro atoms. The van der Waals surface area contributed by atoms with E-state index in [4.69, 9.17) is 15.0 Å². The number of benzene rings is 10. The molecule has 0 saturated heterocycles. The SMILES string of the molecule is c1ccc(-c2ccc(-c3ccccc3)c(-c3ccc(-c4cccc5sc6c7c(ccc6c45)C(c4ccccc4)c4ccccc4-7)c(-c4nc(-c5ccccc5)nc(-c5ccccc5)n4)c3)c2)cc1. The van der Waals surface area contributed by atoms with Gasteiger partial charge in [-0.25, -0.2) is 15.0 Å². The maximum absolute atomic E-state index is 5.39. The molecular formula is C64H41N3S. The van der Waals surface area contributed by atoms with Crippen LogP contribution in [0.3, 0.4) is 0 Å². The summed E-state index contributed by atoms with van der Waals surface area (Å²) in [7, 11) is 0. The summed E-state index contributed by atoms with van der Waals surface area (Å²) in [4.78, 5) is 15.9. The fraction of sp³-hybridized carbons (Fsp3) is 0.0156. The molecule has 3 nitrogen and oxygen atoms in total. The highest BCUT2D eigenvalue weighted by molar-refractivity contribution is 7.26. The molecule has 0 N–H and O–H groups in total. The van der Waals surface area contributed by atoms with E-state index in [1.54, 1.807) is 0 Å². The predicted molar refractivity (Wildman–Crippen MR) is 284 cm³/mol. The Morgan fingerprint density at radius 3 is 1.54 bits per heavy atom. The fourth-order valence-corrected chi connectivity index (χ4v) is 11.6. The number of aromatic nitrogens is 3. The van der Waals surface area contributed by atoms with Gasteiger partial charge in [0.1, 0.15) is 0 Å². The molecule has 0 bridgehead atoms. The molecule has 1 aliphatic carbocycles. The van der Waals surface area contributed by atoms with Crippen molar-refractivity contribution in [1.29, 1.82) is 0 Å². The summed E-state index contributed by atoms with van der Waals surface area (Å²) in [5, 5.41) is 2.49. The van der Waals surface area contributed by atoms with Gasteiger partial charge in [0, 0.05) is 48.3 Å². The van der Waals surface area contributed by atoms with Crippen molar-refractivity contribution >= 4 is 31.5 Å². The molecule has 0 radical (unpaired) electrons. The fourth-order valence-electron chi connectivity index (χ4n) is 10.3. The molecule has 2 aromatic heterocycles. The highest BCUT2D eigenvalue weighted by Crippen LogP contribution is 2.54. The first-order valence-electron chi connectivity index (χ1n) is 23.1. The van der Waals surface area contributed by atoms with Crippen LogP contribution in [-0.4, -0.2) is 15.0 Å². The topological polar surface area (TPSA) is 38.7 Å². The maximum atomic E-state index is 5.39. The molecule has 10 aromatic carbocycles. The number of hydrogen-bond acceptors (Lipinski definition) is 4. The van der Waals surface area contributed by atoms with E-state index < -0.39 is 0 Å². The highest BCUT2D eigenvalue weighted by Gasteiger charge is 2.32. The first-order chi connectivity index (χ1) is 33.7. The molecule has 1 aliphatic rings. The standard InChI is InChI=1S/C64H41N3S/c1-6-19-41(20-7-1)46-33-35-48(42-21-8-2-9-22-42)55(39-46)47-34-36-49(56(40-47)64-66-62(44-25-12-4-13-26-44)65-63(67-64)45-27-14-5-15-28-45)50-31-18-32-57-59(50)54-38-37-53-58(43-23-10-3-11-24-43)51-29-16-17-30-52(51)60(53)61(54)68-57/h1-40,58H. The molecule has 1 atom stereocenters. The van der Waals surface area contributed by atoms with Gasteiger partial charge in [-0.15, -0.1) is 11.3 Å². The van der Waals surface area contributed by atoms with Crippen LogP contribution < -0.4 is 0 Å². The minimum Gasteiger partial charge on any atom is -0.208 e. The lowest BCUT2D eigenvalue weighted by Crippen LogP contribution is -2.01. The average molecular weight is 884 g/mol. The zero-order chi connectivity index (χ0) is 45.0. The zero-order valence-corrected chi connectivity index (χ0v) is 37.7. The van der Waals surface area contributed by atoms with Gasteiger partial charge in [0.15, 0.2) is 17.5 Å². The van der Waals surface area contributed by atoms with Crippen LogP contribution in [0.2, 0.25) is 0 Å². The van der Waals surface area contributed by atoms with Crippen molar-refractivity contribution in [1.82, 2.24) is 15.0 Å². The van der Waals surface area contributed by atoms with Crippen LogP contribution in [-0.2, 0) is 0 Å². The molecule has 0 aliphatic heterocycles. The monoisotopic (exact) mass is 883 g/mol. The number of thiophene rings is 1. The molecule has 318 valence electrons. The van der Waals surface area contributed by atoms with E-state index in [9.17, 15) is 0 Å². The molecule has 12 aromatic rings. The summed E-state index contributed by atoms with van der Waals surface area (Å²) in [6.07, 6.45) is 0. The van der Waals surface area contributed by atoms with E-state index in [0.29, 0.717) is 17.5 Å². The Morgan fingerprint density at radius 2 is 0.853 bits per heavy atom. The van der Waals surface area contributed by atoms with E-state index >= 15 is 0 Å². The van der Waals surface area contributed by atoms with Crippen molar-refractivity contribution in [2.24, 2.45) is 0 Å². The molecule has 13 rings (SSSR count). The van der Waals surface area contributed by atoms with Gasteiger partial charge in [-0.2, -0.15) is 0 Å². The molecule has 2 heterocycles. The summed E-state index contributed by atoms with van der Waals surface area (Å²) >= 11 is 1.90. The smallest absolute Gasteiger partial charge is 0.164 e. The van der Waals surface area contributed by atoms with Gasteiger partial charge in [-0.3, -0.25) is 0 Å². The Labute approximate surface area is 399 Å². The van der Waals surface area contributed by atoms with Crippen molar-refractivity contribution in [2.45, 2.75) is 5.92 Å². The van der Waals surface area contributed by atoms with E-state index in [-0.39, 0.29) is 5.92 Å². The Bertz CT molecular complexity index is 3770. The van der Waals surface area contributed by atoms with Gasteiger partial charge in [0.25, 0.3) is 0 Å². The lowest BCUT2D eigenvalue weighted by atomic mass is 9.87. The van der Waals surface area contributed by atoms with Crippen LogP contribution >= 0.6 is 11.3 Å². The quantitative estimate of drug-likeness (QED) is 0.153.